The highest BCUT2D eigenvalue weighted by Gasteiger charge is 2.04. The van der Waals surface area contributed by atoms with Crippen LogP contribution in [-0.4, -0.2) is 16.6 Å². The van der Waals surface area contributed by atoms with Crippen LogP contribution < -0.4 is 4.74 Å². The average molecular weight is 369 g/mol. The van der Waals surface area contributed by atoms with Crippen LogP contribution in [0, 0.1) is 11.3 Å². The summed E-state index contributed by atoms with van der Waals surface area (Å²) in [5.41, 5.74) is 3.77. The van der Waals surface area contributed by atoms with E-state index in [0.717, 1.165) is 29.5 Å². The molecule has 1 aromatic heterocycles. The lowest BCUT2D eigenvalue weighted by molar-refractivity contribution is 0.322. The van der Waals surface area contributed by atoms with Crippen LogP contribution >= 0.6 is 0 Å². The van der Waals surface area contributed by atoms with E-state index >= 15 is 0 Å². The highest BCUT2D eigenvalue weighted by molar-refractivity contribution is 5.68. The molecule has 140 valence electrons. The van der Waals surface area contributed by atoms with Gasteiger partial charge in [-0.15, -0.1) is 0 Å². The molecule has 0 bridgehead atoms. The molecule has 0 fully saturated rings. The number of ether oxygens (including phenoxy) is 1. The minimum Gasteiger partial charge on any atom is -0.490 e. The Bertz CT molecular complexity index is 937. The van der Waals surface area contributed by atoms with Crippen molar-refractivity contribution in [3.8, 4) is 34.3 Å². The molecule has 0 radical (unpaired) electrons. The van der Waals surface area contributed by atoms with Gasteiger partial charge in [0, 0.05) is 5.56 Å². The Labute approximate surface area is 166 Å². The van der Waals surface area contributed by atoms with Crippen molar-refractivity contribution in [1.82, 2.24) is 9.97 Å². The summed E-state index contributed by atoms with van der Waals surface area (Å²) < 4.78 is 5.67. The van der Waals surface area contributed by atoms with Gasteiger partial charge in [-0.2, -0.15) is 5.26 Å². The third-order valence-corrected chi connectivity index (χ3v) is 4.29. The fourth-order valence-electron chi connectivity index (χ4n) is 2.74. The van der Waals surface area contributed by atoms with E-state index in [9.17, 15) is 0 Å². The van der Waals surface area contributed by atoms with Crippen molar-refractivity contribution in [2.45, 2.75) is 26.2 Å². The second kappa shape index (κ2) is 10.0. The van der Waals surface area contributed by atoms with Gasteiger partial charge in [0.1, 0.15) is 0 Å². The molecule has 0 saturated carbocycles. The average Bonchev–Trinajstić information content (AvgIpc) is 2.77. The van der Waals surface area contributed by atoms with Gasteiger partial charge in [0.25, 0.3) is 0 Å². The Hall–Kier alpha value is -3.45. The maximum atomic E-state index is 8.90. The molecule has 4 heteroatoms. The molecule has 0 saturated heterocycles. The maximum Gasteiger partial charge on any atom is 0.159 e. The molecule has 0 aliphatic carbocycles. The Morgan fingerprint density at radius 3 is 2.04 bits per heavy atom. The van der Waals surface area contributed by atoms with Gasteiger partial charge in [0.15, 0.2) is 11.6 Å². The third-order valence-electron chi connectivity index (χ3n) is 4.29. The van der Waals surface area contributed by atoms with Crippen molar-refractivity contribution < 1.29 is 4.74 Å². The van der Waals surface area contributed by atoms with E-state index in [0.29, 0.717) is 23.7 Å². The molecule has 1 heterocycles. The predicted molar refractivity (Wildman–Crippen MR) is 112 cm³/mol. The smallest absolute Gasteiger partial charge is 0.159 e. The second-order valence-electron chi connectivity index (χ2n) is 6.41. The highest BCUT2D eigenvalue weighted by atomic mass is 16.5. The zero-order valence-electron chi connectivity index (χ0n) is 16.0. The van der Waals surface area contributed by atoms with Gasteiger partial charge in [-0.05, 0) is 36.1 Å². The highest BCUT2D eigenvalue weighted by Crippen LogP contribution is 2.24. The Balaban J connectivity index is 1.60. The van der Waals surface area contributed by atoms with Gasteiger partial charge >= 0.3 is 0 Å². The van der Waals surface area contributed by atoms with E-state index < -0.39 is 0 Å². The molecule has 2 aromatic carbocycles. The number of nitrogens with zero attached hydrogens (tertiary/aromatic N) is 3. The third kappa shape index (κ3) is 5.28. The molecule has 3 rings (SSSR count). The van der Waals surface area contributed by atoms with Gasteiger partial charge in [0.05, 0.1) is 30.6 Å². The number of hydrogen-bond acceptors (Lipinski definition) is 4. The van der Waals surface area contributed by atoms with Gasteiger partial charge in [-0.1, -0.05) is 61.9 Å². The number of hydrogen-bond donors (Lipinski definition) is 0. The van der Waals surface area contributed by atoms with Crippen LogP contribution in [0.4, 0.5) is 0 Å². The van der Waals surface area contributed by atoms with E-state index in [1.54, 1.807) is 12.4 Å². The minimum atomic E-state index is 0.627. The summed E-state index contributed by atoms with van der Waals surface area (Å²) in [5.74, 6) is 1.35. The minimum absolute atomic E-state index is 0.627. The van der Waals surface area contributed by atoms with Crippen molar-refractivity contribution in [3.63, 3.8) is 0 Å². The number of allylic oxidation sites excluding steroid dienone is 1. The number of aromatic nitrogens is 2. The molecule has 3 aromatic rings. The van der Waals surface area contributed by atoms with Crippen LogP contribution in [-0.2, 0) is 0 Å². The normalized spacial score (nSPS) is 10.7. The van der Waals surface area contributed by atoms with Crippen molar-refractivity contribution in [2.24, 2.45) is 0 Å². The zero-order chi connectivity index (χ0) is 19.6. The van der Waals surface area contributed by atoms with Crippen LogP contribution in [0.25, 0.3) is 22.5 Å². The van der Waals surface area contributed by atoms with Gasteiger partial charge in [-0.3, -0.25) is 0 Å². The summed E-state index contributed by atoms with van der Waals surface area (Å²) in [7, 11) is 0. The monoisotopic (exact) mass is 369 g/mol. The SMILES string of the molecule is CCC/C=C\CCOc1cnc(-c2ccc(-c3ccc(C#N)cc3)cc2)nc1. The molecule has 0 aliphatic rings. The second-order valence-corrected chi connectivity index (χ2v) is 6.41. The van der Waals surface area contributed by atoms with Crippen molar-refractivity contribution in [2.75, 3.05) is 6.61 Å². The molecule has 28 heavy (non-hydrogen) atoms. The number of unbranched alkanes of at least 4 members (excludes halogenated alkanes) is 1. The number of benzene rings is 2. The van der Waals surface area contributed by atoms with Crippen LogP contribution in [0.5, 0.6) is 5.75 Å². The summed E-state index contributed by atoms with van der Waals surface area (Å²) >= 11 is 0. The topological polar surface area (TPSA) is 58.8 Å². The molecule has 4 nitrogen and oxygen atoms in total. The lowest BCUT2D eigenvalue weighted by Gasteiger charge is -2.06. The molecular weight excluding hydrogens is 346 g/mol. The lowest BCUT2D eigenvalue weighted by atomic mass is 10.0. The molecular formula is C24H23N3O. The summed E-state index contributed by atoms with van der Waals surface area (Å²) in [6.45, 7) is 2.79. The first-order valence-corrected chi connectivity index (χ1v) is 9.51. The van der Waals surface area contributed by atoms with Crippen LogP contribution in [0.3, 0.4) is 0 Å². The molecule has 0 amide bonds. The van der Waals surface area contributed by atoms with Crippen LogP contribution in [0.2, 0.25) is 0 Å². The summed E-state index contributed by atoms with van der Waals surface area (Å²) in [5, 5.41) is 8.90. The summed E-state index contributed by atoms with van der Waals surface area (Å²) in [6, 6.07) is 17.8. The molecule has 0 aliphatic heterocycles. The first-order chi connectivity index (χ1) is 13.8. The quantitative estimate of drug-likeness (QED) is 0.371. The van der Waals surface area contributed by atoms with E-state index in [1.807, 2.05) is 48.5 Å². The zero-order valence-corrected chi connectivity index (χ0v) is 16.0. The van der Waals surface area contributed by atoms with E-state index in [-0.39, 0.29) is 0 Å². The summed E-state index contributed by atoms with van der Waals surface area (Å²) in [4.78, 5) is 8.82. The Morgan fingerprint density at radius 1 is 0.857 bits per heavy atom. The van der Waals surface area contributed by atoms with Gasteiger partial charge in [-0.25, -0.2) is 9.97 Å². The lowest BCUT2D eigenvalue weighted by Crippen LogP contribution is -1.98. The largest absolute Gasteiger partial charge is 0.490 e. The molecule has 0 spiro atoms. The number of rotatable bonds is 8. The standard InChI is InChI=1S/C24H23N3O/c1-2-3-4-5-6-15-28-23-17-26-24(27-18-23)22-13-11-21(12-14-22)20-9-7-19(16-25)8-10-20/h4-5,7-14,17-18H,2-3,6,15H2,1H3/b5-4-. The van der Waals surface area contributed by atoms with E-state index in [1.165, 1.54) is 6.42 Å². The Morgan fingerprint density at radius 2 is 1.43 bits per heavy atom. The first-order valence-electron chi connectivity index (χ1n) is 9.51. The van der Waals surface area contributed by atoms with E-state index in [2.05, 4.69) is 35.1 Å². The molecule has 0 atom stereocenters. The Kier molecular flexibility index (Phi) is 6.92. The van der Waals surface area contributed by atoms with Crippen molar-refractivity contribution in [3.05, 3.63) is 78.6 Å². The molecule has 0 unspecified atom stereocenters. The summed E-state index contributed by atoms with van der Waals surface area (Å²) in [6.07, 6.45) is 10.9. The first kappa shape index (κ1) is 19.3. The van der Waals surface area contributed by atoms with Crippen LogP contribution in [0.1, 0.15) is 31.7 Å². The van der Waals surface area contributed by atoms with Crippen molar-refractivity contribution >= 4 is 0 Å². The van der Waals surface area contributed by atoms with Crippen LogP contribution in [0.15, 0.2) is 73.1 Å². The van der Waals surface area contributed by atoms with Gasteiger partial charge < -0.3 is 4.74 Å². The number of nitriles is 1. The fraction of sp³-hybridized carbons (Fsp3) is 0.208. The molecule has 0 N–H and O–H groups in total. The van der Waals surface area contributed by atoms with Crippen molar-refractivity contribution in [1.29, 1.82) is 5.26 Å². The van der Waals surface area contributed by atoms with Gasteiger partial charge in [0.2, 0.25) is 0 Å². The predicted octanol–water partition coefficient (Wildman–Crippen LogP) is 5.81. The fourth-order valence-corrected chi connectivity index (χ4v) is 2.74. The van der Waals surface area contributed by atoms with E-state index in [4.69, 9.17) is 10.00 Å². The maximum absolute atomic E-state index is 8.90.